The molecule has 8 nitrogen and oxygen atoms in total. The van der Waals surface area contributed by atoms with Crippen LogP contribution in [0.3, 0.4) is 0 Å². The number of ether oxygens (including phenoxy) is 2. The first-order valence-electron chi connectivity index (χ1n) is 10.0. The first-order chi connectivity index (χ1) is 14.5. The monoisotopic (exact) mass is 412 g/mol. The van der Waals surface area contributed by atoms with E-state index in [4.69, 9.17) is 9.47 Å². The molecule has 0 amide bonds. The quantitative estimate of drug-likeness (QED) is 0.299. The minimum Gasteiger partial charge on any atom is -0.493 e. The van der Waals surface area contributed by atoms with Crippen LogP contribution in [0.15, 0.2) is 47.5 Å². The molecular weight excluding hydrogens is 384 g/mol. The molecule has 2 N–H and O–H groups in total. The molecule has 1 unspecified atom stereocenters. The van der Waals surface area contributed by atoms with Gasteiger partial charge in [0, 0.05) is 50.4 Å². The minimum atomic E-state index is -0.396. The topological polar surface area (TPSA) is 98.0 Å². The van der Waals surface area contributed by atoms with Crippen LogP contribution in [0.25, 0.3) is 0 Å². The molecule has 1 aliphatic rings. The van der Waals surface area contributed by atoms with Gasteiger partial charge < -0.3 is 20.1 Å². The van der Waals surface area contributed by atoms with Crippen LogP contribution in [0.4, 0.5) is 5.69 Å². The van der Waals surface area contributed by atoms with Crippen molar-refractivity contribution in [3.63, 3.8) is 0 Å². The number of rotatable bonds is 8. The number of nitrogens with one attached hydrogen (secondary N) is 2. The Hall–Kier alpha value is -3.13. The van der Waals surface area contributed by atoms with Gasteiger partial charge in [-0.25, -0.2) is 0 Å². The Morgan fingerprint density at radius 3 is 2.83 bits per heavy atom. The van der Waals surface area contributed by atoms with Crippen molar-refractivity contribution in [2.24, 2.45) is 10.9 Å². The third-order valence-electron chi connectivity index (χ3n) is 4.97. The van der Waals surface area contributed by atoms with Gasteiger partial charge in [0.25, 0.3) is 5.69 Å². The van der Waals surface area contributed by atoms with Gasteiger partial charge in [0.2, 0.25) is 0 Å². The van der Waals surface area contributed by atoms with Crippen LogP contribution in [0.5, 0.6) is 5.75 Å². The summed E-state index contributed by atoms with van der Waals surface area (Å²) < 4.78 is 11.5. The van der Waals surface area contributed by atoms with Crippen molar-refractivity contribution in [3.05, 3.63) is 69.3 Å². The third kappa shape index (κ3) is 6.18. The molecule has 30 heavy (non-hydrogen) atoms. The minimum absolute atomic E-state index is 0.0753. The molecule has 2 aromatic carbocycles. The number of benzene rings is 2. The summed E-state index contributed by atoms with van der Waals surface area (Å²) in [5.41, 5.74) is 3.07. The van der Waals surface area contributed by atoms with Gasteiger partial charge in [-0.1, -0.05) is 24.3 Å². The van der Waals surface area contributed by atoms with E-state index in [1.807, 2.05) is 19.1 Å². The Balaban J connectivity index is 1.56. The van der Waals surface area contributed by atoms with Crippen molar-refractivity contribution >= 4 is 11.6 Å². The highest BCUT2D eigenvalue weighted by molar-refractivity contribution is 5.79. The Labute approximate surface area is 176 Å². The summed E-state index contributed by atoms with van der Waals surface area (Å²) in [4.78, 5) is 14.8. The first-order valence-corrected chi connectivity index (χ1v) is 10.0. The Morgan fingerprint density at radius 1 is 1.27 bits per heavy atom. The molecule has 0 aromatic heterocycles. The molecule has 1 atom stereocenters. The molecule has 1 heterocycles. The fourth-order valence-electron chi connectivity index (χ4n) is 3.23. The third-order valence-corrected chi connectivity index (χ3v) is 4.97. The maximum atomic E-state index is 10.9. The van der Waals surface area contributed by atoms with Crippen LogP contribution >= 0.6 is 0 Å². The van der Waals surface area contributed by atoms with E-state index >= 15 is 0 Å². The van der Waals surface area contributed by atoms with E-state index in [-0.39, 0.29) is 5.69 Å². The molecule has 1 fully saturated rings. The molecule has 0 aliphatic carbocycles. The molecule has 0 saturated carbocycles. The molecule has 1 saturated heterocycles. The van der Waals surface area contributed by atoms with E-state index in [0.29, 0.717) is 31.6 Å². The lowest BCUT2D eigenvalue weighted by molar-refractivity contribution is -0.384. The highest BCUT2D eigenvalue weighted by atomic mass is 16.6. The zero-order valence-electron chi connectivity index (χ0n) is 17.4. The second-order valence-corrected chi connectivity index (χ2v) is 7.36. The van der Waals surface area contributed by atoms with Crippen molar-refractivity contribution in [1.82, 2.24) is 10.6 Å². The fourth-order valence-corrected chi connectivity index (χ4v) is 3.23. The maximum absolute atomic E-state index is 10.9. The van der Waals surface area contributed by atoms with Crippen molar-refractivity contribution in [1.29, 1.82) is 0 Å². The number of nitro benzene ring substituents is 1. The zero-order valence-corrected chi connectivity index (χ0v) is 17.4. The lowest BCUT2D eigenvalue weighted by Gasteiger charge is -2.17. The summed E-state index contributed by atoms with van der Waals surface area (Å²) >= 11 is 0. The van der Waals surface area contributed by atoms with E-state index in [2.05, 4.69) is 27.8 Å². The van der Waals surface area contributed by atoms with Crippen LogP contribution in [0, 0.1) is 23.0 Å². The van der Waals surface area contributed by atoms with E-state index < -0.39 is 4.92 Å². The average Bonchev–Trinajstić information content (AvgIpc) is 3.27. The lowest BCUT2D eigenvalue weighted by atomic mass is 10.1. The van der Waals surface area contributed by atoms with Crippen molar-refractivity contribution < 1.29 is 14.4 Å². The molecule has 3 rings (SSSR count). The molecule has 160 valence electrons. The summed E-state index contributed by atoms with van der Waals surface area (Å²) in [5, 5.41) is 17.4. The molecule has 1 aliphatic heterocycles. The number of nitro groups is 1. The second-order valence-electron chi connectivity index (χ2n) is 7.36. The van der Waals surface area contributed by atoms with Crippen LogP contribution in [0.2, 0.25) is 0 Å². The average molecular weight is 412 g/mol. The molecule has 0 spiro atoms. The smallest absolute Gasteiger partial charge is 0.269 e. The number of nitrogens with zero attached hydrogens (tertiary/aromatic N) is 2. The number of aliphatic imine (C=N–C) groups is 1. The van der Waals surface area contributed by atoms with Gasteiger partial charge in [-0.3, -0.25) is 15.1 Å². The summed E-state index contributed by atoms with van der Waals surface area (Å²) in [6.07, 6.45) is 1.04. The van der Waals surface area contributed by atoms with E-state index in [1.165, 1.54) is 6.07 Å². The summed E-state index contributed by atoms with van der Waals surface area (Å²) in [6, 6.07) is 12.7. The normalized spacial score (nSPS) is 16.3. The van der Waals surface area contributed by atoms with Crippen molar-refractivity contribution in [3.8, 4) is 5.75 Å². The molecule has 0 radical (unpaired) electrons. The predicted molar refractivity (Wildman–Crippen MR) is 116 cm³/mol. The SMILES string of the molecule is CN=C(NCc1cccc([N+](=O)[O-])c1)NCc1ccc(C)cc1OCC1CCOC1. The van der Waals surface area contributed by atoms with Crippen LogP contribution in [-0.4, -0.2) is 37.8 Å². The molecule has 8 heteroatoms. The molecule has 2 aromatic rings. The summed E-state index contributed by atoms with van der Waals surface area (Å²) in [6.45, 7) is 5.24. The number of hydrogen-bond donors (Lipinski definition) is 2. The predicted octanol–water partition coefficient (Wildman–Crippen LogP) is 3.18. The standard InChI is InChI=1S/C22H28N4O4/c1-16-6-7-19(21(10-16)30-15-18-8-9-29-14-18)13-25-22(23-2)24-12-17-4-3-5-20(11-17)26(27)28/h3-7,10-11,18H,8-9,12-15H2,1-2H3,(H2,23,24,25). The number of guanidine groups is 1. The van der Waals surface area contributed by atoms with Crippen LogP contribution in [0.1, 0.15) is 23.1 Å². The zero-order chi connectivity index (χ0) is 21.3. The summed E-state index contributed by atoms with van der Waals surface area (Å²) in [5.74, 6) is 1.91. The Morgan fingerprint density at radius 2 is 2.10 bits per heavy atom. The Bertz CT molecular complexity index is 894. The van der Waals surface area contributed by atoms with Gasteiger partial charge in [-0.15, -0.1) is 0 Å². The number of aryl methyl sites for hydroxylation is 1. The molecular formula is C22H28N4O4. The first kappa shape index (κ1) is 21.6. The van der Waals surface area contributed by atoms with Gasteiger partial charge in [0.15, 0.2) is 5.96 Å². The fraction of sp³-hybridized carbons (Fsp3) is 0.409. The van der Waals surface area contributed by atoms with Gasteiger partial charge in [0.1, 0.15) is 5.75 Å². The molecule has 0 bridgehead atoms. The Kier molecular flexibility index (Phi) is 7.62. The van der Waals surface area contributed by atoms with Crippen LogP contribution in [-0.2, 0) is 17.8 Å². The van der Waals surface area contributed by atoms with E-state index in [9.17, 15) is 10.1 Å². The van der Waals surface area contributed by atoms with Crippen molar-refractivity contribution in [2.45, 2.75) is 26.4 Å². The second kappa shape index (κ2) is 10.6. The largest absolute Gasteiger partial charge is 0.493 e. The van der Waals surface area contributed by atoms with E-state index in [1.54, 1.807) is 19.2 Å². The number of hydrogen-bond acceptors (Lipinski definition) is 5. The maximum Gasteiger partial charge on any atom is 0.269 e. The van der Waals surface area contributed by atoms with Gasteiger partial charge >= 0.3 is 0 Å². The highest BCUT2D eigenvalue weighted by Crippen LogP contribution is 2.22. The lowest BCUT2D eigenvalue weighted by Crippen LogP contribution is -2.36. The van der Waals surface area contributed by atoms with Gasteiger partial charge in [0.05, 0.1) is 18.1 Å². The van der Waals surface area contributed by atoms with Crippen molar-refractivity contribution in [2.75, 3.05) is 26.9 Å². The van der Waals surface area contributed by atoms with E-state index in [0.717, 1.165) is 42.1 Å². The summed E-state index contributed by atoms with van der Waals surface area (Å²) in [7, 11) is 1.69. The van der Waals surface area contributed by atoms with Gasteiger partial charge in [-0.2, -0.15) is 0 Å². The highest BCUT2D eigenvalue weighted by Gasteiger charge is 2.17. The number of non-ortho nitro benzene ring substituents is 1. The van der Waals surface area contributed by atoms with Gasteiger partial charge in [-0.05, 0) is 30.5 Å². The van der Waals surface area contributed by atoms with Crippen LogP contribution < -0.4 is 15.4 Å².